The molecule has 1 N–H and O–H groups in total. The number of likely N-dealkylation sites (tertiary alicyclic amines) is 1. The van der Waals surface area contributed by atoms with Gasteiger partial charge < -0.3 is 9.84 Å². The van der Waals surface area contributed by atoms with Crippen LogP contribution in [0.15, 0.2) is 30.3 Å². The first-order valence-electron chi connectivity index (χ1n) is 7.74. The Morgan fingerprint density at radius 1 is 1.32 bits per heavy atom. The SMILES string of the molecule is CCC[C@@H]1C(C(=O)O)N(C(=O)OCc2ccccc2)C[C@@H]1C. The topological polar surface area (TPSA) is 66.8 Å². The van der Waals surface area contributed by atoms with Crippen LogP contribution in [0.2, 0.25) is 0 Å². The van der Waals surface area contributed by atoms with Crippen LogP contribution in [0, 0.1) is 11.8 Å². The van der Waals surface area contributed by atoms with Crippen molar-refractivity contribution in [1.82, 2.24) is 4.90 Å². The maximum Gasteiger partial charge on any atom is 0.410 e. The Labute approximate surface area is 130 Å². The normalized spacial score (nSPS) is 24.3. The van der Waals surface area contributed by atoms with Crippen molar-refractivity contribution in [2.45, 2.75) is 39.3 Å². The van der Waals surface area contributed by atoms with Crippen LogP contribution >= 0.6 is 0 Å². The second kappa shape index (κ2) is 7.29. The Hall–Kier alpha value is -2.04. The standard InChI is InChI=1S/C17H23NO4/c1-3-7-14-12(2)10-18(15(14)16(19)20)17(21)22-11-13-8-5-4-6-9-13/h4-6,8-9,12,14-15H,3,7,10-11H2,1-2H3,(H,19,20)/t12-,14-,15?/m0/s1. The van der Waals surface area contributed by atoms with E-state index in [2.05, 4.69) is 0 Å². The number of carbonyl (C=O) groups is 2. The summed E-state index contributed by atoms with van der Waals surface area (Å²) in [6, 6.07) is 8.60. The maximum absolute atomic E-state index is 12.3. The molecule has 0 bridgehead atoms. The quantitative estimate of drug-likeness (QED) is 0.907. The third-order valence-corrected chi connectivity index (χ3v) is 4.27. The van der Waals surface area contributed by atoms with Gasteiger partial charge >= 0.3 is 12.1 Å². The number of aliphatic carboxylic acids is 1. The largest absolute Gasteiger partial charge is 0.480 e. The first-order chi connectivity index (χ1) is 10.5. The van der Waals surface area contributed by atoms with Crippen molar-refractivity contribution in [2.75, 3.05) is 6.54 Å². The van der Waals surface area contributed by atoms with Crippen molar-refractivity contribution in [3.63, 3.8) is 0 Å². The van der Waals surface area contributed by atoms with E-state index in [1.54, 1.807) is 0 Å². The molecule has 1 heterocycles. The summed E-state index contributed by atoms with van der Waals surface area (Å²) in [6.07, 6.45) is 1.17. The molecule has 2 rings (SSSR count). The van der Waals surface area contributed by atoms with Gasteiger partial charge in [0.2, 0.25) is 0 Å². The van der Waals surface area contributed by atoms with E-state index in [4.69, 9.17) is 4.74 Å². The zero-order valence-corrected chi connectivity index (χ0v) is 13.1. The van der Waals surface area contributed by atoms with Gasteiger partial charge in [0.15, 0.2) is 0 Å². The Bertz CT molecular complexity index is 517. The second-order valence-electron chi connectivity index (χ2n) is 5.91. The zero-order chi connectivity index (χ0) is 16.1. The average molecular weight is 305 g/mol. The predicted molar refractivity (Wildman–Crippen MR) is 82.3 cm³/mol. The van der Waals surface area contributed by atoms with Gasteiger partial charge in [-0.05, 0) is 23.8 Å². The Balaban J connectivity index is 2.03. The predicted octanol–water partition coefficient (Wildman–Crippen LogP) is 3.14. The van der Waals surface area contributed by atoms with Crippen molar-refractivity contribution in [1.29, 1.82) is 0 Å². The molecule has 5 heteroatoms. The van der Waals surface area contributed by atoms with Crippen molar-refractivity contribution < 1.29 is 19.4 Å². The van der Waals surface area contributed by atoms with Gasteiger partial charge in [0.1, 0.15) is 12.6 Å². The molecule has 120 valence electrons. The lowest BCUT2D eigenvalue weighted by Gasteiger charge is -2.24. The summed E-state index contributed by atoms with van der Waals surface area (Å²) in [4.78, 5) is 25.2. The van der Waals surface area contributed by atoms with Crippen LogP contribution in [0.5, 0.6) is 0 Å². The number of benzene rings is 1. The van der Waals surface area contributed by atoms with Crippen molar-refractivity contribution in [3.05, 3.63) is 35.9 Å². The summed E-state index contributed by atoms with van der Waals surface area (Å²) in [5, 5.41) is 9.48. The van der Waals surface area contributed by atoms with Gasteiger partial charge in [-0.2, -0.15) is 0 Å². The number of hydrogen-bond acceptors (Lipinski definition) is 3. The van der Waals surface area contributed by atoms with E-state index in [0.29, 0.717) is 6.54 Å². The minimum absolute atomic E-state index is 0.00762. The molecule has 0 radical (unpaired) electrons. The van der Waals surface area contributed by atoms with Gasteiger partial charge in [-0.3, -0.25) is 4.90 Å². The van der Waals surface area contributed by atoms with Crippen molar-refractivity contribution >= 4 is 12.1 Å². The molecule has 0 spiro atoms. The molecule has 1 amide bonds. The summed E-state index contributed by atoms with van der Waals surface area (Å²) in [5.41, 5.74) is 0.889. The van der Waals surface area contributed by atoms with Crippen LogP contribution in [0.3, 0.4) is 0 Å². The summed E-state index contributed by atoms with van der Waals surface area (Å²) in [7, 11) is 0. The summed E-state index contributed by atoms with van der Waals surface area (Å²) < 4.78 is 5.29. The molecule has 1 saturated heterocycles. The highest BCUT2D eigenvalue weighted by atomic mass is 16.6. The summed E-state index contributed by atoms with van der Waals surface area (Å²) >= 11 is 0. The number of carboxylic acids is 1. The lowest BCUT2D eigenvalue weighted by molar-refractivity contribution is -0.143. The number of hydrogen-bond donors (Lipinski definition) is 1. The number of amides is 1. The lowest BCUT2D eigenvalue weighted by atomic mass is 9.88. The fourth-order valence-electron chi connectivity index (χ4n) is 3.18. The Kier molecular flexibility index (Phi) is 5.41. The molecular weight excluding hydrogens is 282 g/mol. The molecule has 1 aromatic rings. The van der Waals surface area contributed by atoms with Crippen LogP contribution in [-0.4, -0.2) is 34.7 Å². The van der Waals surface area contributed by atoms with E-state index in [0.717, 1.165) is 18.4 Å². The van der Waals surface area contributed by atoms with E-state index in [1.807, 2.05) is 44.2 Å². The van der Waals surface area contributed by atoms with Gasteiger partial charge in [-0.15, -0.1) is 0 Å². The molecule has 1 unspecified atom stereocenters. The molecule has 1 fully saturated rings. The molecule has 0 aliphatic carbocycles. The third-order valence-electron chi connectivity index (χ3n) is 4.27. The number of ether oxygens (including phenoxy) is 1. The smallest absolute Gasteiger partial charge is 0.410 e. The molecule has 3 atom stereocenters. The minimum atomic E-state index is -0.945. The lowest BCUT2D eigenvalue weighted by Crippen LogP contribution is -2.43. The molecule has 0 aromatic heterocycles. The van der Waals surface area contributed by atoms with Crippen LogP contribution in [-0.2, 0) is 16.1 Å². The van der Waals surface area contributed by atoms with Crippen LogP contribution in [0.25, 0.3) is 0 Å². The molecule has 22 heavy (non-hydrogen) atoms. The van der Waals surface area contributed by atoms with E-state index < -0.39 is 18.1 Å². The van der Waals surface area contributed by atoms with Gasteiger partial charge in [-0.25, -0.2) is 9.59 Å². The van der Waals surface area contributed by atoms with E-state index in [-0.39, 0.29) is 18.4 Å². The zero-order valence-electron chi connectivity index (χ0n) is 13.1. The fraction of sp³-hybridized carbons (Fsp3) is 0.529. The van der Waals surface area contributed by atoms with E-state index >= 15 is 0 Å². The summed E-state index contributed by atoms with van der Waals surface area (Å²) in [6.45, 7) is 4.63. The van der Waals surface area contributed by atoms with Crippen LogP contribution in [0.4, 0.5) is 4.79 Å². The molecule has 1 aliphatic heterocycles. The highest BCUT2D eigenvalue weighted by Crippen LogP contribution is 2.33. The first kappa shape index (κ1) is 16.3. The van der Waals surface area contributed by atoms with Gasteiger partial charge in [0.05, 0.1) is 0 Å². The highest BCUT2D eigenvalue weighted by Gasteiger charge is 2.46. The molecule has 1 aliphatic rings. The Morgan fingerprint density at radius 3 is 2.59 bits per heavy atom. The molecule has 5 nitrogen and oxygen atoms in total. The number of rotatable bonds is 5. The molecular formula is C17H23NO4. The molecule has 1 aromatic carbocycles. The number of nitrogens with zero attached hydrogens (tertiary/aromatic N) is 1. The minimum Gasteiger partial charge on any atom is -0.480 e. The first-order valence-corrected chi connectivity index (χ1v) is 7.74. The number of carbonyl (C=O) groups excluding carboxylic acids is 1. The fourth-order valence-corrected chi connectivity index (χ4v) is 3.18. The van der Waals surface area contributed by atoms with E-state index in [9.17, 15) is 14.7 Å². The van der Waals surface area contributed by atoms with Gasteiger partial charge in [0, 0.05) is 6.54 Å². The third kappa shape index (κ3) is 3.59. The van der Waals surface area contributed by atoms with E-state index in [1.165, 1.54) is 4.90 Å². The van der Waals surface area contributed by atoms with Gasteiger partial charge in [-0.1, -0.05) is 50.6 Å². The van der Waals surface area contributed by atoms with Crippen LogP contribution < -0.4 is 0 Å². The monoisotopic (exact) mass is 305 g/mol. The van der Waals surface area contributed by atoms with Crippen LogP contribution in [0.1, 0.15) is 32.3 Å². The Morgan fingerprint density at radius 2 is 2.00 bits per heavy atom. The molecule has 0 saturated carbocycles. The highest BCUT2D eigenvalue weighted by molar-refractivity contribution is 5.81. The summed E-state index contributed by atoms with van der Waals surface area (Å²) in [5.74, 6) is -0.781. The average Bonchev–Trinajstić information content (AvgIpc) is 2.83. The second-order valence-corrected chi connectivity index (χ2v) is 5.91. The van der Waals surface area contributed by atoms with Crippen molar-refractivity contribution in [2.24, 2.45) is 11.8 Å². The van der Waals surface area contributed by atoms with Crippen molar-refractivity contribution in [3.8, 4) is 0 Å². The maximum atomic E-state index is 12.3. The number of carboxylic acid groups (broad SMARTS) is 1. The van der Waals surface area contributed by atoms with Gasteiger partial charge in [0.25, 0.3) is 0 Å².